The van der Waals surface area contributed by atoms with Gasteiger partial charge in [-0.3, -0.25) is 9.59 Å². The highest BCUT2D eigenvalue weighted by Gasteiger charge is 2.45. The molecule has 0 bridgehead atoms. The summed E-state index contributed by atoms with van der Waals surface area (Å²) in [4.78, 5) is 34.1. The van der Waals surface area contributed by atoms with Gasteiger partial charge in [-0.1, -0.05) is 6.07 Å². The number of nitrogens with zero attached hydrogens (tertiary/aromatic N) is 3. The number of hydrogen-bond acceptors (Lipinski definition) is 8. The van der Waals surface area contributed by atoms with E-state index in [1.807, 2.05) is 41.3 Å². The van der Waals surface area contributed by atoms with Crippen LogP contribution in [0.2, 0.25) is 0 Å². The zero-order valence-electron chi connectivity index (χ0n) is 24.9. The maximum Gasteiger partial charge on any atom is 0.254 e. The highest BCUT2D eigenvalue weighted by molar-refractivity contribution is 6.02. The largest absolute Gasteiger partial charge is 0.497 e. The van der Waals surface area contributed by atoms with Crippen LogP contribution >= 0.6 is 0 Å². The smallest absolute Gasteiger partial charge is 0.254 e. The molecule has 10 nitrogen and oxygen atoms in total. The lowest BCUT2D eigenvalue weighted by Gasteiger charge is -2.43. The zero-order valence-corrected chi connectivity index (χ0v) is 24.9. The molecule has 2 heterocycles. The molecule has 2 aliphatic heterocycles. The van der Waals surface area contributed by atoms with E-state index in [4.69, 9.17) is 23.7 Å². The van der Waals surface area contributed by atoms with E-state index >= 15 is 0 Å². The van der Waals surface area contributed by atoms with E-state index in [0.29, 0.717) is 60.3 Å². The highest BCUT2D eigenvalue weighted by Crippen LogP contribution is 2.47. The van der Waals surface area contributed by atoms with E-state index in [2.05, 4.69) is 4.90 Å². The first-order valence-corrected chi connectivity index (χ1v) is 13.8. The van der Waals surface area contributed by atoms with Gasteiger partial charge < -0.3 is 38.4 Å². The number of likely N-dealkylation sites (N-methyl/N-ethyl adjacent to an activating group) is 1. The van der Waals surface area contributed by atoms with Crippen LogP contribution in [0.4, 0.5) is 5.69 Å². The Morgan fingerprint density at radius 2 is 1.31 bits per heavy atom. The molecule has 10 heteroatoms. The molecular weight excluding hydrogens is 538 g/mol. The van der Waals surface area contributed by atoms with Gasteiger partial charge in [0.1, 0.15) is 5.75 Å². The number of carbonyl (C=O) groups is 2. The van der Waals surface area contributed by atoms with E-state index in [9.17, 15) is 9.59 Å². The Kier molecular flexibility index (Phi) is 8.33. The predicted octanol–water partition coefficient (Wildman–Crippen LogP) is 3.99. The molecule has 5 rings (SSSR count). The molecule has 0 aliphatic carbocycles. The Balaban J connectivity index is 1.53. The summed E-state index contributed by atoms with van der Waals surface area (Å²) in [6.45, 7) is 2.44. The number of hydrogen-bond donors (Lipinski definition) is 0. The van der Waals surface area contributed by atoms with Gasteiger partial charge in [0.15, 0.2) is 23.0 Å². The van der Waals surface area contributed by atoms with Crippen molar-refractivity contribution in [2.24, 2.45) is 0 Å². The third-order valence-electron chi connectivity index (χ3n) is 8.22. The number of benzene rings is 3. The summed E-state index contributed by atoms with van der Waals surface area (Å²) in [5.41, 5.74) is 2.87. The minimum atomic E-state index is -0.687. The molecule has 2 atom stereocenters. The fourth-order valence-corrected chi connectivity index (χ4v) is 5.94. The Hall–Kier alpha value is -4.60. The third kappa shape index (κ3) is 5.13. The van der Waals surface area contributed by atoms with Gasteiger partial charge in [0, 0.05) is 44.5 Å². The summed E-state index contributed by atoms with van der Waals surface area (Å²) in [6, 6.07) is 16.3. The van der Waals surface area contributed by atoms with Crippen molar-refractivity contribution < 1.29 is 33.3 Å². The second kappa shape index (κ2) is 12.1. The molecule has 2 amide bonds. The van der Waals surface area contributed by atoms with E-state index in [0.717, 1.165) is 17.0 Å². The Morgan fingerprint density at radius 1 is 0.714 bits per heavy atom. The van der Waals surface area contributed by atoms with Crippen LogP contribution in [0.3, 0.4) is 0 Å². The minimum Gasteiger partial charge on any atom is -0.497 e. The standard InChI is InChI=1S/C32H37N3O7/c1-33-30(20-7-12-25(39-3)26(17-20)40-4)29(23-18-27(41-5)28(42-6)19-24(23)31(33)36)32(37)35-15-13-34(14-16-35)21-8-10-22(38-2)11-9-21/h7-12,17-19,29-30H,13-16H2,1-6H3. The number of rotatable bonds is 8. The molecule has 0 N–H and O–H groups in total. The quantitative estimate of drug-likeness (QED) is 0.399. The molecule has 2 unspecified atom stereocenters. The summed E-state index contributed by atoms with van der Waals surface area (Å²) < 4.78 is 27.4. The summed E-state index contributed by atoms with van der Waals surface area (Å²) in [5.74, 6) is 1.83. The molecule has 3 aromatic rings. The number of anilines is 1. The number of fused-ring (bicyclic) bond motifs is 1. The number of piperazine rings is 1. The Morgan fingerprint density at radius 3 is 1.90 bits per heavy atom. The van der Waals surface area contributed by atoms with Gasteiger partial charge in [0.25, 0.3) is 5.91 Å². The molecule has 2 aliphatic rings. The van der Waals surface area contributed by atoms with E-state index in [-0.39, 0.29) is 11.8 Å². The lowest BCUT2D eigenvalue weighted by atomic mass is 9.78. The van der Waals surface area contributed by atoms with Gasteiger partial charge in [-0.2, -0.15) is 0 Å². The van der Waals surface area contributed by atoms with Gasteiger partial charge in [0.2, 0.25) is 5.91 Å². The van der Waals surface area contributed by atoms with Gasteiger partial charge in [0.05, 0.1) is 47.5 Å². The van der Waals surface area contributed by atoms with E-state index in [1.165, 1.54) is 7.11 Å². The first kappa shape index (κ1) is 28.9. The molecule has 3 aromatic carbocycles. The van der Waals surface area contributed by atoms with Crippen LogP contribution in [-0.2, 0) is 4.79 Å². The Labute approximate surface area is 246 Å². The lowest BCUT2D eigenvalue weighted by Crippen LogP contribution is -2.53. The van der Waals surface area contributed by atoms with E-state index < -0.39 is 12.0 Å². The summed E-state index contributed by atoms with van der Waals surface area (Å²) >= 11 is 0. The molecule has 222 valence electrons. The van der Waals surface area contributed by atoms with Crippen molar-refractivity contribution in [2.75, 3.05) is 73.7 Å². The number of carbonyl (C=O) groups excluding carboxylic acids is 2. The van der Waals surface area contributed by atoms with E-state index in [1.54, 1.807) is 58.6 Å². The van der Waals surface area contributed by atoms with Gasteiger partial charge in [-0.15, -0.1) is 0 Å². The van der Waals surface area contributed by atoms with Crippen molar-refractivity contribution in [1.82, 2.24) is 9.80 Å². The summed E-state index contributed by atoms with van der Waals surface area (Å²) in [6.07, 6.45) is 0. The number of amides is 2. The van der Waals surface area contributed by atoms with Crippen molar-refractivity contribution in [1.29, 1.82) is 0 Å². The first-order valence-electron chi connectivity index (χ1n) is 13.8. The zero-order chi connectivity index (χ0) is 30.0. The maximum atomic E-state index is 14.5. The normalized spacial score (nSPS) is 18.3. The number of ether oxygens (including phenoxy) is 5. The molecule has 1 fully saturated rings. The van der Waals surface area contributed by atoms with Gasteiger partial charge in [-0.25, -0.2) is 0 Å². The van der Waals surface area contributed by atoms with Crippen LogP contribution in [0.1, 0.15) is 33.4 Å². The van der Waals surface area contributed by atoms with Crippen LogP contribution < -0.4 is 28.6 Å². The first-order chi connectivity index (χ1) is 20.3. The number of methoxy groups -OCH3 is 5. The third-order valence-corrected chi connectivity index (χ3v) is 8.22. The van der Waals surface area contributed by atoms with Gasteiger partial charge in [-0.05, 0) is 59.7 Å². The lowest BCUT2D eigenvalue weighted by molar-refractivity contribution is -0.134. The van der Waals surface area contributed by atoms with Gasteiger partial charge >= 0.3 is 0 Å². The molecular formula is C32H37N3O7. The Bertz CT molecular complexity index is 1450. The van der Waals surface area contributed by atoms with Crippen molar-refractivity contribution in [3.05, 3.63) is 71.3 Å². The van der Waals surface area contributed by atoms with Crippen LogP contribution in [0.15, 0.2) is 54.6 Å². The van der Waals surface area contributed by atoms with Crippen LogP contribution in [-0.4, -0.2) is 90.4 Å². The molecule has 0 radical (unpaired) electrons. The molecule has 0 saturated carbocycles. The summed E-state index contributed by atoms with van der Waals surface area (Å²) in [7, 11) is 9.58. The van der Waals surface area contributed by atoms with Crippen molar-refractivity contribution in [3.63, 3.8) is 0 Å². The molecule has 1 saturated heterocycles. The fraction of sp³-hybridized carbons (Fsp3) is 0.375. The minimum absolute atomic E-state index is 0.0583. The SMILES string of the molecule is COc1ccc(N2CCN(C(=O)C3c4cc(OC)c(OC)cc4C(=O)N(C)C3c3ccc(OC)c(OC)c3)CC2)cc1. The van der Waals surface area contributed by atoms with Crippen LogP contribution in [0.5, 0.6) is 28.7 Å². The molecule has 0 spiro atoms. The second-order valence-corrected chi connectivity index (χ2v) is 10.3. The highest BCUT2D eigenvalue weighted by atomic mass is 16.5. The maximum absolute atomic E-state index is 14.5. The second-order valence-electron chi connectivity index (χ2n) is 10.3. The average molecular weight is 576 g/mol. The molecule has 0 aromatic heterocycles. The summed E-state index contributed by atoms with van der Waals surface area (Å²) in [5, 5.41) is 0. The van der Waals surface area contributed by atoms with Crippen molar-refractivity contribution in [2.45, 2.75) is 12.0 Å². The predicted molar refractivity (Wildman–Crippen MR) is 158 cm³/mol. The monoisotopic (exact) mass is 575 g/mol. The van der Waals surface area contributed by atoms with Crippen LogP contribution in [0, 0.1) is 0 Å². The topological polar surface area (TPSA) is 90.0 Å². The van der Waals surface area contributed by atoms with Crippen LogP contribution in [0.25, 0.3) is 0 Å². The van der Waals surface area contributed by atoms with Crippen molar-refractivity contribution >= 4 is 17.5 Å². The average Bonchev–Trinajstić information content (AvgIpc) is 3.05. The van der Waals surface area contributed by atoms with Crippen molar-refractivity contribution in [3.8, 4) is 28.7 Å². The molecule has 42 heavy (non-hydrogen) atoms. The fourth-order valence-electron chi connectivity index (χ4n) is 5.94.